The molecule has 16 heavy (non-hydrogen) atoms. The molecule has 1 aliphatic carbocycles. The van der Waals surface area contributed by atoms with Gasteiger partial charge in [0, 0.05) is 11.6 Å². The molecule has 0 aliphatic heterocycles. The number of nitrogens with one attached hydrogen (secondary N) is 1. The summed E-state index contributed by atoms with van der Waals surface area (Å²) in [6.07, 6.45) is 5.68. The van der Waals surface area contributed by atoms with Crippen molar-refractivity contribution in [1.82, 2.24) is 10.2 Å². The van der Waals surface area contributed by atoms with Crippen molar-refractivity contribution in [2.24, 2.45) is 5.92 Å². The van der Waals surface area contributed by atoms with E-state index in [1.165, 1.54) is 25.7 Å². The Hall–Kier alpha value is -0.0800. The molecule has 1 atom stereocenters. The topological polar surface area (TPSA) is 15.3 Å². The summed E-state index contributed by atoms with van der Waals surface area (Å²) in [7, 11) is 2.13. The van der Waals surface area contributed by atoms with Crippen molar-refractivity contribution in [3.63, 3.8) is 0 Å². The monoisotopic (exact) mass is 226 g/mol. The Morgan fingerprint density at radius 3 is 2.06 bits per heavy atom. The third-order valence-corrected chi connectivity index (χ3v) is 4.52. The smallest absolute Gasteiger partial charge is 0.0308 e. The molecule has 0 spiro atoms. The van der Waals surface area contributed by atoms with Crippen LogP contribution in [0.2, 0.25) is 0 Å². The fraction of sp³-hybridized carbons (Fsp3) is 1.00. The first kappa shape index (κ1) is 14.0. The third kappa shape index (κ3) is 2.78. The van der Waals surface area contributed by atoms with Crippen molar-refractivity contribution in [1.29, 1.82) is 0 Å². The van der Waals surface area contributed by atoms with Crippen LogP contribution < -0.4 is 5.32 Å². The molecule has 0 saturated heterocycles. The Morgan fingerprint density at radius 2 is 1.69 bits per heavy atom. The second-order valence-electron chi connectivity index (χ2n) is 5.64. The van der Waals surface area contributed by atoms with E-state index in [4.69, 9.17) is 0 Å². The normalized spacial score (nSPS) is 20.6. The Morgan fingerprint density at radius 1 is 1.19 bits per heavy atom. The van der Waals surface area contributed by atoms with E-state index in [1.807, 2.05) is 0 Å². The Kier molecular flexibility index (Phi) is 5.26. The van der Waals surface area contributed by atoms with Gasteiger partial charge in [-0.05, 0) is 52.7 Å². The van der Waals surface area contributed by atoms with Crippen molar-refractivity contribution in [2.75, 3.05) is 20.1 Å². The lowest BCUT2D eigenvalue weighted by Gasteiger charge is -2.46. The highest BCUT2D eigenvalue weighted by Crippen LogP contribution is 2.34. The number of hydrogen-bond donors (Lipinski definition) is 1. The zero-order valence-corrected chi connectivity index (χ0v) is 11.8. The molecule has 0 amide bonds. The number of nitrogens with zero attached hydrogens (tertiary/aromatic N) is 1. The molecular formula is C14H30N2. The minimum absolute atomic E-state index is 0.271. The largest absolute Gasteiger partial charge is 0.315 e. The van der Waals surface area contributed by atoms with Gasteiger partial charge in [-0.15, -0.1) is 0 Å². The van der Waals surface area contributed by atoms with Crippen LogP contribution >= 0.6 is 0 Å². The van der Waals surface area contributed by atoms with Gasteiger partial charge in [-0.25, -0.2) is 0 Å². The van der Waals surface area contributed by atoms with Crippen LogP contribution in [0.25, 0.3) is 0 Å². The number of rotatable bonds is 6. The average Bonchev–Trinajstić information content (AvgIpc) is 2.73. The second kappa shape index (κ2) is 6.02. The van der Waals surface area contributed by atoms with E-state index in [-0.39, 0.29) is 5.54 Å². The second-order valence-corrected chi connectivity index (χ2v) is 5.64. The highest BCUT2D eigenvalue weighted by atomic mass is 15.2. The van der Waals surface area contributed by atoms with E-state index >= 15 is 0 Å². The van der Waals surface area contributed by atoms with E-state index < -0.39 is 0 Å². The van der Waals surface area contributed by atoms with Crippen LogP contribution in [0, 0.1) is 5.92 Å². The molecule has 1 rings (SSSR count). The average molecular weight is 226 g/mol. The van der Waals surface area contributed by atoms with Crippen LogP contribution in [0.3, 0.4) is 0 Å². The molecule has 0 aromatic heterocycles. The van der Waals surface area contributed by atoms with Gasteiger partial charge in [0.05, 0.1) is 0 Å². The Balaban J connectivity index is 2.75. The van der Waals surface area contributed by atoms with Gasteiger partial charge in [-0.1, -0.05) is 26.7 Å². The lowest BCUT2D eigenvalue weighted by Crippen LogP contribution is -2.59. The number of likely N-dealkylation sites (N-methyl/N-ethyl adjacent to an activating group) is 2. The first-order valence-corrected chi connectivity index (χ1v) is 7.00. The molecule has 96 valence electrons. The summed E-state index contributed by atoms with van der Waals surface area (Å²) in [5, 5.41) is 3.59. The maximum Gasteiger partial charge on any atom is 0.0308 e. The van der Waals surface area contributed by atoms with E-state index in [1.54, 1.807) is 0 Å². The lowest BCUT2D eigenvalue weighted by molar-refractivity contribution is 0.0693. The summed E-state index contributed by atoms with van der Waals surface area (Å²) in [4.78, 5) is 2.59. The summed E-state index contributed by atoms with van der Waals surface area (Å²) < 4.78 is 0. The van der Waals surface area contributed by atoms with Crippen molar-refractivity contribution in [2.45, 2.75) is 65.0 Å². The molecule has 0 heterocycles. The Labute approximate surface area is 102 Å². The lowest BCUT2D eigenvalue weighted by atomic mass is 9.82. The third-order valence-electron chi connectivity index (χ3n) is 4.52. The fourth-order valence-corrected chi connectivity index (χ4v) is 3.69. The van der Waals surface area contributed by atoms with Gasteiger partial charge >= 0.3 is 0 Å². The molecule has 1 aliphatic rings. The zero-order valence-electron chi connectivity index (χ0n) is 11.8. The maximum atomic E-state index is 3.59. The van der Waals surface area contributed by atoms with Crippen LogP contribution in [0.5, 0.6) is 0 Å². The van der Waals surface area contributed by atoms with Crippen LogP contribution in [-0.2, 0) is 0 Å². The highest BCUT2D eigenvalue weighted by molar-refractivity contribution is 4.97. The summed E-state index contributed by atoms with van der Waals surface area (Å²) in [5.41, 5.74) is 0.271. The molecule has 0 bridgehead atoms. The van der Waals surface area contributed by atoms with Crippen LogP contribution in [0.1, 0.15) is 53.4 Å². The van der Waals surface area contributed by atoms with E-state index in [0.717, 1.165) is 19.0 Å². The Bertz CT molecular complexity index is 191. The zero-order chi connectivity index (χ0) is 12.2. The molecule has 0 radical (unpaired) electrons. The molecule has 2 nitrogen and oxygen atoms in total. The van der Waals surface area contributed by atoms with Gasteiger partial charge in [0.1, 0.15) is 0 Å². The first-order valence-electron chi connectivity index (χ1n) is 7.00. The first-order chi connectivity index (χ1) is 7.57. The summed E-state index contributed by atoms with van der Waals surface area (Å²) in [6.45, 7) is 11.6. The van der Waals surface area contributed by atoms with Crippen molar-refractivity contribution in [3.8, 4) is 0 Å². The van der Waals surface area contributed by atoms with E-state index in [2.05, 4.69) is 45.0 Å². The molecule has 1 saturated carbocycles. The maximum absolute atomic E-state index is 3.59. The highest BCUT2D eigenvalue weighted by Gasteiger charge is 2.38. The summed E-state index contributed by atoms with van der Waals surface area (Å²) in [6, 6.07) is 0.634. The van der Waals surface area contributed by atoms with Crippen molar-refractivity contribution < 1.29 is 0 Å². The predicted molar refractivity (Wildman–Crippen MR) is 71.8 cm³/mol. The van der Waals surface area contributed by atoms with Crippen LogP contribution in [0.15, 0.2) is 0 Å². The standard InChI is InChI=1S/C14H30N2/c1-6-16(7-2)14(3,4)13(15-5)12-10-8-9-11-12/h12-13,15H,6-11H2,1-5H3. The summed E-state index contributed by atoms with van der Waals surface area (Å²) in [5.74, 6) is 0.876. The molecule has 1 unspecified atom stereocenters. The van der Waals surface area contributed by atoms with E-state index in [0.29, 0.717) is 6.04 Å². The van der Waals surface area contributed by atoms with Crippen molar-refractivity contribution in [3.05, 3.63) is 0 Å². The minimum Gasteiger partial charge on any atom is -0.315 e. The van der Waals surface area contributed by atoms with Gasteiger partial charge in [0.15, 0.2) is 0 Å². The molecule has 1 N–H and O–H groups in total. The predicted octanol–water partition coefficient (Wildman–Crippen LogP) is 2.89. The van der Waals surface area contributed by atoms with Gasteiger partial charge in [0.25, 0.3) is 0 Å². The minimum atomic E-state index is 0.271. The van der Waals surface area contributed by atoms with Crippen LogP contribution in [0.4, 0.5) is 0 Å². The summed E-state index contributed by atoms with van der Waals surface area (Å²) >= 11 is 0. The van der Waals surface area contributed by atoms with Gasteiger partial charge in [-0.2, -0.15) is 0 Å². The van der Waals surface area contributed by atoms with Gasteiger partial charge in [-0.3, -0.25) is 4.90 Å². The molecule has 0 aromatic rings. The van der Waals surface area contributed by atoms with Gasteiger partial charge < -0.3 is 5.32 Å². The quantitative estimate of drug-likeness (QED) is 0.749. The molecule has 1 fully saturated rings. The SMILES string of the molecule is CCN(CC)C(C)(C)C(NC)C1CCCC1. The van der Waals surface area contributed by atoms with Crippen molar-refractivity contribution >= 4 is 0 Å². The van der Waals surface area contributed by atoms with Crippen LogP contribution in [-0.4, -0.2) is 36.6 Å². The van der Waals surface area contributed by atoms with Gasteiger partial charge in [0.2, 0.25) is 0 Å². The fourth-order valence-electron chi connectivity index (χ4n) is 3.69. The molecular weight excluding hydrogens is 196 g/mol. The van der Waals surface area contributed by atoms with E-state index in [9.17, 15) is 0 Å². The molecule has 0 aromatic carbocycles. The molecule has 2 heteroatoms. The number of hydrogen-bond acceptors (Lipinski definition) is 2.